The molecule has 2 radical (unpaired) electrons. The Bertz CT molecular complexity index is 436. The Kier molecular flexibility index (Phi) is 7.49. The van der Waals surface area contributed by atoms with E-state index in [0.29, 0.717) is 6.42 Å². The minimum Gasteiger partial charge on any atom is -0.286 e. The fraction of sp³-hybridized carbons (Fsp3) is 0.909. The van der Waals surface area contributed by atoms with Crippen LogP contribution in [0.3, 0.4) is 0 Å². The molecule has 0 N–H and O–H groups in total. The second kappa shape index (κ2) is 9.45. The molecule has 0 aromatic carbocycles. The molecule has 0 spiro atoms. The van der Waals surface area contributed by atoms with Gasteiger partial charge in [0.05, 0.1) is 6.10 Å². The van der Waals surface area contributed by atoms with Gasteiger partial charge in [-0.25, -0.2) is 4.39 Å². The lowest BCUT2D eigenvalue weighted by molar-refractivity contribution is -0.351. The van der Waals surface area contributed by atoms with Crippen LogP contribution in [-0.2, 0) is 4.74 Å². The molecule has 0 bridgehead atoms. The third kappa shape index (κ3) is 6.08. The topological polar surface area (TPSA) is 9.23 Å². The molecule has 0 saturated heterocycles. The standard InChI is InChI=1S/C22H34F4O/c1-2-3-15-4-6-16(7-5-15)17-8-10-18(11-9-17)19-12-13-21(20(23)14-19)27-22(24,25)26/h15,17,19-21H,2-14H2,1H3. The smallest absolute Gasteiger partial charge is 0.286 e. The Balaban J connectivity index is 1.40. The van der Waals surface area contributed by atoms with Gasteiger partial charge < -0.3 is 0 Å². The first-order valence-corrected chi connectivity index (χ1v) is 10.9. The van der Waals surface area contributed by atoms with Crippen LogP contribution < -0.4 is 0 Å². The van der Waals surface area contributed by atoms with Crippen LogP contribution in [0.4, 0.5) is 17.6 Å². The zero-order chi connectivity index (χ0) is 19.4. The van der Waals surface area contributed by atoms with Crippen molar-refractivity contribution in [3.05, 3.63) is 11.8 Å². The monoisotopic (exact) mass is 390 g/mol. The maximum Gasteiger partial charge on any atom is 0.522 e. The van der Waals surface area contributed by atoms with Gasteiger partial charge in [0.2, 0.25) is 0 Å². The summed E-state index contributed by atoms with van der Waals surface area (Å²) >= 11 is 0. The maximum absolute atomic E-state index is 14.2. The van der Waals surface area contributed by atoms with Gasteiger partial charge in [0.25, 0.3) is 0 Å². The highest BCUT2D eigenvalue weighted by Gasteiger charge is 2.42. The second-order valence-corrected chi connectivity index (χ2v) is 8.95. The molecule has 5 heteroatoms. The molecule has 0 aromatic heterocycles. The third-order valence-corrected chi connectivity index (χ3v) is 7.22. The first-order valence-electron chi connectivity index (χ1n) is 10.9. The quantitative estimate of drug-likeness (QED) is 0.446. The molecule has 3 unspecified atom stereocenters. The van der Waals surface area contributed by atoms with E-state index in [2.05, 4.69) is 11.7 Å². The summed E-state index contributed by atoms with van der Waals surface area (Å²) < 4.78 is 55.2. The van der Waals surface area contributed by atoms with E-state index in [4.69, 9.17) is 0 Å². The van der Waals surface area contributed by atoms with Crippen LogP contribution in [0.15, 0.2) is 0 Å². The zero-order valence-corrected chi connectivity index (χ0v) is 16.5. The molecule has 0 aromatic rings. The minimum absolute atomic E-state index is 0.152. The van der Waals surface area contributed by atoms with E-state index in [1.807, 2.05) is 0 Å². The average Bonchev–Trinajstić information content (AvgIpc) is 2.63. The van der Waals surface area contributed by atoms with Gasteiger partial charge in [-0.3, -0.25) is 4.74 Å². The molecule has 0 aliphatic heterocycles. The third-order valence-electron chi connectivity index (χ3n) is 7.22. The predicted molar refractivity (Wildman–Crippen MR) is 98.5 cm³/mol. The number of alkyl halides is 4. The van der Waals surface area contributed by atoms with E-state index in [-0.39, 0.29) is 18.8 Å². The average molecular weight is 391 g/mol. The number of hydrogen-bond donors (Lipinski definition) is 0. The van der Waals surface area contributed by atoms with Crippen LogP contribution in [0.5, 0.6) is 0 Å². The lowest BCUT2D eigenvalue weighted by Crippen LogP contribution is -2.39. The molecule has 3 aliphatic rings. The molecular formula is C22H34F4O. The molecule has 1 nitrogen and oxygen atoms in total. The summed E-state index contributed by atoms with van der Waals surface area (Å²) in [5.74, 6) is 4.95. The Labute approximate surface area is 161 Å². The molecule has 3 aliphatic carbocycles. The molecule has 3 atom stereocenters. The summed E-state index contributed by atoms with van der Waals surface area (Å²) in [6.07, 6.45) is 5.79. The van der Waals surface area contributed by atoms with Crippen LogP contribution in [0.2, 0.25) is 0 Å². The Hall–Kier alpha value is -0.320. The van der Waals surface area contributed by atoms with Gasteiger partial charge in [0.1, 0.15) is 6.17 Å². The highest BCUT2D eigenvalue weighted by atomic mass is 19.4. The maximum atomic E-state index is 14.2. The molecule has 3 rings (SSSR count). The first kappa shape index (κ1) is 21.4. The summed E-state index contributed by atoms with van der Waals surface area (Å²) in [6.45, 7) is 2.27. The largest absolute Gasteiger partial charge is 0.522 e. The summed E-state index contributed by atoms with van der Waals surface area (Å²) in [5, 5.41) is 0. The highest BCUT2D eigenvalue weighted by Crippen LogP contribution is 2.48. The molecule has 0 heterocycles. The van der Waals surface area contributed by atoms with Crippen molar-refractivity contribution in [2.75, 3.05) is 0 Å². The van der Waals surface area contributed by atoms with Crippen molar-refractivity contribution in [2.45, 2.75) is 109 Å². The molecular weight excluding hydrogens is 356 g/mol. The van der Waals surface area contributed by atoms with Crippen molar-refractivity contribution in [1.29, 1.82) is 0 Å². The van der Waals surface area contributed by atoms with Gasteiger partial charge in [0, 0.05) is 0 Å². The predicted octanol–water partition coefficient (Wildman–Crippen LogP) is 7.36. The molecule has 27 heavy (non-hydrogen) atoms. The molecule has 3 saturated carbocycles. The molecule has 0 amide bonds. The SMILES string of the molecule is CCCC1CC[C](C2CC[C](C3CCC(OC(F)(F)F)C(F)C3)CC2)CC1. The normalized spacial score (nSPS) is 33.4. The van der Waals surface area contributed by atoms with Gasteiger partial charge in [-0.1, -0.05) is 19.8 Å². The Morgan fingerprint density at radius 1 is 0.852 bits per heavy atom. The zero-order valence-electron chi connectivity index (χ0n) is 16.5. The number of ether oxygens (including phenoxy) is 1. The van der Waals surface area contributed by atoms with Crippen LogP contribution in [0.1, 0.15) is 90.4 Å². The van der Waals surface area contributed by atoms with Crippen molar-refractivity contribution in [3.8, 4) is 0 Å². The van der Waals surface area contributed by atoms with Crippen molar-refractivity contribution in [1.82, 2.24) is 0 Å². The van der Waals surface area contributed by atoms with Crippen LogP contribution in [-0.4, -0.2) is 18.6 Å². The van der Waals surface area contributed by atoms with E-state index in [0.717, 1.165) is 24.7 Å². The van der Waals surface area contributed by atoms with Crippen LogP contribution >= 0.6 is 0 Å². The minimum atomic E-state index is -4.74. The van der Waals surface area contributed by atoms with Crippen LogP contribution in [0.25, 0.3) is 0 Å². The number of halogens is 4. The second-order valence-electron chi connectivity index (χ2n) is 8.95. The van der Waals surface area contributed by atoms with Gasteiger partial charge in [-0.15, -0.1) is 13.2 Å². The van der Waals surface area contributed by atoms with E-state index in [9.17, 15) is 17.6 Å². The molecule has 3 fully saturated rings. The van der Waals surface area contributed by atoms with Crippen molar-refractivity contribution in [2.24, 2.45) is 17.8 Å². The van der Waals surface area contributed by atoms with Gasteiger partial charge in [0.15, 0.2) is 0 Å². The van der Waals surface area contributed by atoms with Crippen molar-refractivity contribution >= 4 is 0 Å². The Morgan fingerprint density at radius 2 is 1.44 bits per heavy atom. The van der Waals surface area contributed by atoms with E-state index in [1.54, 1.807) is 5.92 Å². The van der Waals surface area contributed by atoms with Gasteiger partial charge in [-0.2, -0.15) is 0 Å². The lowest BCUT2D eigenvalue weighted by Gasteiger charge is -2.41. The van der Waals surface area contributed by atoms with E-state index >= 15 is 0 Å². The summed E-state index contributed by atoms with van der Waals surface area (Å²) in [7, 11) is 0. The first-order chi connectivity index (χ1) is 12.9. The summed E-state index contributed by atoms with van der Waals surface area (Å²) in [5.41, 5.74) is 0. The van der Waals surface area contributed by atoms with Gasteiger partial charge >= 0.3 is 6.36 Å². The van der Waals surface area contributed by atoms with Crippen LogP contribution in [0, 0.1) is 29.6 Å². The number of rotatable bonds is 5. The highest BCUT2D eigenvalue weighted by molar-refractivity contribution is 5.09. The van der Waals surface area contributed by atoms with E-state index < -0.39 is 18.6 Å². The van der Waals surface area contributed by atoms with Crippen molar-refractivity contribution in [3.63, 3.8) is 0 Å². The number of hydrogen-bond acceptors (Lipinski definition) is 1. The summed E-state index contributed by atoms with van der Waals surface area (Å²) in [6, 6.07) is 0. The fourth-order valence-electron chi connectivity index (χ4n) is 5.72. The van der Waals surface area contributed by atoms with E-state index in [1.165, 1.54) is 57.3 Å². The molecule has 156 valence electrons. The van der Waals surface area contributed by atoms with Crippen molar-refractivity contribution < 1.29 is 22.3 Å². The summed E-state index contributed by atoms with van der Waals surface area (Å²) in [4.78, 5) is 0. The Morgan fingerprint density at radius 3 is 2.00 bits per heavy atom. The fourth-order valence-corrected chi connectivity index (χ4v) is 5.72. The van der Waals surface area contributed by atoms with Gasteiger partial charge in [-0.05, 0) is 100 Å². The lowest BCUT2D eigenvalue weighted by atomic mass is 9.65.